The van der Waals surface area contributed by atoms with Crippen molar-refractivity contribution in [3.63, 3.8) is 0 Å². The Labute approximate surface area is 99.1 Å². The molecule has 17 heavy (non-hydrogen) atoms. The van der Waals surface area contributed by atoms with E-state index in [-0.39, 0.29) is 0 Å². The van der Waals surface area contributed by atoms with E-state index in [0.717, 1.165) is 5.69 Å². The van der Waals surface area contributed by atoms with Gasteiger partial charge < -0.3 is 9.88 Å². The lowest BCUT2D eigenvalue weighted by Crippen LogP contribution is -2.05. The zero-order valence-electron chi connectivity index (χ0n) is 9.44. The van der Waals surface area contributed by atoms with Crippen LogP contribution in [0.25, 0.3) is 0 Å². The molecule has 1 heterocycles. The molecular formula is C13H12FN3. The zero-order valence-corrected chi connectivity index (χ0v) is 9.44. The van der Waals surface area contributed by atoms with Crippen LogP contribution >= 0.6 is 0 Å². The molecule has 86 valence electrons. The molecule has 0 amide bonds. The van der Waals surface area contributed by atoms with E-state index in [9.17, 15) is 4.39 Å². The van der Waals surface area contributed by atoms with Crippen molar-refractivity contribution in [1.29, 1.82) is 5.26 Å². The second-order valence-electron chi connectivity index (χ2n) is 3.77. The fraction of sp³-hybridized carbons (Fsp3) is 0.154. The molecule has 0 aliphatic rings. The van der Waals surface area contributed by atoms with Gasteiger partial charge in [0.2, 0.25) is 0 Å². The van der Waals surface area contributed by atoms with E-state index in [2.05, 4.69) is 5.32 Å². The summed E-state index contributed by atoms with van der Waals surface area (Å²) < 4.78 is 14.9. The van der Waals surface area contributed by atoms with Gasteiger partial charge in [-0.1, -0.05) is 0 Å². The summed E-state index contributed by atoms with van der Waals surface area (Å²) in [6, 6.07) is 10.1. The third-order valence-corrected chi connectivity index (χ3v) is 2.61. The SMILES string of the molecule is Cn1cccc1CNc1ccc(F)cc1C#N. The molecule has 0 radical (unpaired) electrons. The van der Waals surface area contributed by atoms with Gasteiger partial charge in [-0.05, 0) is 30.3 Å². The molecule has 0 aliphatic heterocycles. The van der Waals surface area contributed by atoms with Crippen molar-refractivity contribution in [2.24, 2.45) is 7.05 Å². The molecule has 0 atom stereocenters. The van der Waals surface area contributed by atoms with E-state index >= 15 is 0 Å². The Bertz CT molecular complexity index is 566. The Kier molecular flexibility index (Phi) is 3.10. The second kappa shape index (κ2) is 4.71. The Morgan fingerprint density at radius 2 is 2.24 bits per heavy atom. The summed E-state index contributed by atoms with van der Waals surface area (Å²) in [5, 5.41) is 12.0. The van der Waals surface area contributed by atoms with Crippen LogP contribution in [0.1, 0.15) is 11.3 Å². The zero-order chi connectivity index (χ0) is 12.3. The standard InChI is InChI=1S/C13H12FN3/c1-17-6-2-3-12(17)9-16-13-5-4-11(14)7-10(13)8-15/h2-7,16H,9H2,1H3. The molecule has 0 fully saturated rings. The fourth-order valence-electron chi connectivity index (χ4n) is 1.63. The fourth-order valence-corrected chi connectivity index (χ4v) is 1.63. The number of rotatable bonds is 3. The van der Waals surface area contributed by atoms with Crippen molar-refractivity contribution in [2.45, 2.75) is 6.54 Å². The number of hydrogen-bond donors (Lipinski definition) is 1. The van der Waals surface area contributed by atoms with E-state index in [1.807, 2.05) is 36.0 Å². The molecule has 0 unspecified atom stereocenters. The summed E-state index contributed by atoms with van der Waals surface area (Å²) in [7, 11) is 1.95. The quantitative estimate of drug-likeness (QED) is 0.879. The normalized spacial score (nSPS) is 9.94. The molecule has 4 heteroatoms. The van der Waals surface area contributed by atoms with Crippen molar-refractivity contribution < 1.29 is 4.39 Å². The second-order valence-corrected chi connectivity index (χ2v) is 3.77. The number of hydrogen-bond acceptors (Lipinski definition) is 2. The monoisotopic (exact) mass is 229 g/mol. The van der Waals surface area contributed by atoms with E-state index in [1.165, 1.54) is 12.1 Å². The van der Waals surface area contributed by atoms with Crippen LogP contribution in [-0.2, 0) is 13.6 Å². The number of benzene rings is 1. The van der Waals surface area contributed by atoms with E-state index in [4.69, 9.17) is 5.26 Å². The highest BCUT2D eigenvalue weighted by Gasteiger charge is 2.04. The molecule has 1 aromatic carbocycles. The summed E-state index contributed by atoms with van der Waals surface area (Å²) in [5.74, 6) is -0.397. The number of anilines is 1. The maximum atomic E-state index is 12.9. The van der Waals surface area contributed by atoms with Crippen LogP contribution in [0.3, 0.4) is 0 Å². The third kappa shape index (κ3) is 2.45. The van der Waals surface area contributed by atoms with Gasteiger partial charge in [-0.3, -0.25) is 0 Å². The van der Waals surface area contributed by atoms with Gasteiger partial charge in [0.1, 0.15) is 11.9 Å². The first kappa shape index (κ1) is 11.2. The molecule has 0 bridgehead atoms. The van der Waals surface area contributed by atoms with Gasteiger partial charge in [0, 0.05) is 18.9 Å². The lowest BCUT2D eigenvalue weighted by atomic mass is 10.2. The molecule has 1 N–H and O–H groups in total. The first-order valence-electron chi connectivity index (χ1n) is 5.24. The van der Waals surface area contributed by atoms with Crippen molar-refractivity contribution in [3.8, 4) is 6.07 Å². The summed E-state index contributed by atoms with van der Waals surface area (Å²) in [4.78, 5) is 0. The van der Waals surface area contributed by atoms with Crippen LogP contribution in [-0.4, -0.2) is 4.57 Å². The van der Waals surface area contributed by atoms with Crippen molar-refractivity contribution in [3.05, 3.63) is 53.6 Å². The number of aromatic nitrogens is 1. The summed E-state index contributed by atoms with van der Waals surface area (Å²) in [5.41, 5.74) is 2.06. The van der Waals surface area contributed by atoms with Crippen LogP contribution in [0.2, 0.25) is 0 Å². The van der Waals surface area contributed by atoms with E-state index < -0.39 is 5.82 Å². The molecule has 0 saturated carbocycles. The van der Waals surface area contributed by atoms with Gasteiger partial charge in [0.25, 0.3) is 0 Å². The highest BCUT2D eigenvalue weighted by molar-refractivity contribution is 5.57. The number of aryl methyl sites for hydroxylation is 1. The van der Waals surface area contributed by atoms with Gasteiger partial charge in [-0.25, -0.2) is 4.39 Å². The average molecular weight is 229 g/mol. The highest BCUT2D eigenvalue weighted by Crippen LogP contribution is 2.16. The first-order chi connectivity index (χ1) is 8.20. The van der Waals surface area contributed by atoms with Crippen LogP contribution < -0.4 is 5.32 Å². The Morgan fingerprint density at radius 3 is 2.88 bits per heavy atom. The molecule has 0 aliphatic carbocycles. The lowest BCUT2D eigenvalue weighted by molar-refractivity contribution is 0.627. The van der Waals surface area contributed by atoms with Gasteiger partial charge in [0.05, 0.1) is 17.8 Å². The number of nitrogens with one attached hydrogen (secondary N) is 1. The molecule has 2 rings (SSSR count). The largest absolute Gasteiger partial charge is 0.378 e. The highest BCUT2D eigenvalue weighted by atomic mass is 19.1. The predicted molar refractivity (Wildman–Crippen MR) is 63.9 cm³/mol. The third-order valence-electron chi connectivity index (χ3n) is 2.61. The van der Waals surface area contributed by atoms with Gasteiger partial charge in [0.15, 0.2) is 0 Å². The predicted octanol–water partition coefficient (Wildman–Crippen LogP) is 2.65. The average Bonchev–Trinajstić information content (AvgIpc) is 2.73. The first-order valence-corrected chi connectivity index (χ1v) is 5.24. The molecular weight excluding hydrogens is 217 g/mol. The van der Waals surface area contributed by atoms with Crippen molar-refractivity contribution in [2.75, 3.05) is 5.32 Å². The van der Waals surface area contributed by atoms with Crippen molar-refractivity contribution in [1.82, 2.24) is 4.57 Å². The summed E-state index contributed by atoms with van der Waals surface area (Å²) in [6.07, 6.45) is 1.95. The minimum absolute atomic E-state index is 0.319. The van der Waals surface area contributed by atoms with Crippen LogP contribution in [0, 0.1) is 17.1 Å². The molecule has 3 nitrogen and oxygen atoms in total. The maximum Gasteiger partial charge on any atom is 0.124 e. The minimum Gasteiger partial charge on any atom is -0.378 e. The number of nitrogens with zero attached hydrogens (tertiary/aromatic N) is 2. The lowest BCUT2D eigenvalue weighted by Gasteiger charge is -2.09. The van der Waals surface area contributed by atoms with E-state index in [0.29, 0.717) is 17.8 Å². The van der Waals surface area contributed by atoms with Gasteiger partial charge in [-0.2, -0.15) is 5.26 Å². The maximum absolute atomic E-state index is 12.9. The van der Waals surface area contributed by atoms with Gasteiger partial charge in [-0.15, -0.1) is 0 Å². The Balaban J connectivity index is 2.15. The minimum atomic E-state index is -0.397. The topological polar surface area (TPSA) is 40.8 Å². The molecule has 0 saturated heterocycles. The van der Waals surface area contributed by atoms with Gasteiger partial charge >= 0.3 is 0 Å². The number of halogens is 1. The Hall–Kier alpha value is -2.28. The van der Waals surface area contributed by atoms with E-state index in [1.54, 1.807) is 6.07 Å². The molecule has 1 aromatic heterocycles. The van der Waals surface area contributed by atoms with Crippen LogP contribution in [0.4, 0.5) is 10.1 Å². The van der Waals surface area contributed by atoms with Crippen LogP contribution in [0.5, 0.6) is 0 Å². The number of nitriles is 1. The van der Waals surface area contributed by atoms with Crippen LogP contribution in [0.15, 0.2) is 36.5 Å². The molecule has 2 aromatic rings. The Morgan fingerprint density at radius 1 is 1.41 bits per heavy atom. The smallest absolute Gasteiger partial charge is 0.124 e. The van der Waals surface area contributed by atoms with Crippen molar-refractivity contribution >= 4 is 5.69 Å². The summed E-state index contributed by atoms with van der Waals surface area (Å²) >= 11 is 0. The summed E-state index contributed by atoms with van der Waals surface area (Å²) in [6.45, 7) is 0.601. The molecule has 0 spiro atoms.